The molecule has 0 saturated heterocycles. The third kappa shape index (κ3) is 3.03. The monoisotopic (exact) mass is 300 g/mol. The Bertz CT molecular complexity index is 734. The van der Waals surface area contributed by atoms with E-state index in [0.29, 0.717) is 5.88 Å². The van der Waals surface area contributed by atoms with Gasteiger partial charge in [-0.25, -0.2) is 4.98 Å². The lowest BCUT2D eigenvalue weighted by molar-refractivity contribution is 0.317. The molecule has 0 amide bonds. The van der Waals surface area contributed by atoms with E-state index in [2.05, 4.69) is 11.9 Å². The largest absolute Gasteiger partial charge is 0.494 e. The molecule has 3 rings (SSSR count). The average Bonchev–Trinajstić information content (AvgIpc) is 2.96. The molecule has 0 spiro atoms. The first-order chi connectivity index (χ1) is 10.3. The molecule has 0 unspecified atom stereocenters. The first-order valence-electron chi connectivity index (χ1n) is 7.07. The topological polar surface area (TPSA) is 26.5 Å². The predicted molar refractivity (Wildman–Crippen MR) is 86.0 cm³/mol. The quantitative estimate of drug-likeness (QED) is 0.647. The molecule has 0 N–H and O–H groups in total. The van der Waals surface area contributed by atoms with E-state index in [1.807, 2.05) is 53.2 Å². The lowest BCUT2D eigenvalue weighted by atomic mass is 10.2. The average molecular weight is 301 g/mol. The number of pyridine rings is 1. The van der Waals surface area contributed by atoms with Gasteiger partial charge in [-0.1, -0.05) is 6.92 Å². The minimum atomic E-state index is 0.502. The van der Waals surface area contributed by atoms with Crippen LogP contribution >= 0.6 is 11.6 Å². The molecule has 3 aromatic rings. The molecule has 0 radical (unpaired) electrons. The van der Waals surface area contributed by atoms with E-state index in [1.165, 1.54) is 0 Å². The molecule has 2 heterocycles. The van der Waals surface area contributed by atoms with Gasteiger partial charge in [0.25, 0.3) is 0 Å². The second-order valence-electron chi connectivity index (χ2n) is 4.93. The van der Waals surface area contributed by atoms with Crippen LogP contribution in [0.15, 0.2) is 48.8 Å². The van der Waals surface area contributed by atoms with E-state index in [4.69, 9.17) is 16.3 Å². The van der Waals surface area contributed by atoms with Crippen molar-refractivity contribution in [3.8, 4) is 17.0 Å². The molecule has 1 aromatic carbocycles. The van der Waals surface area contributed by atoms with Crippen molar-refractivity contribution >= 4 is 17.2 Å². The minimum Gasteiger partial charge on any atom is -0.494 e. The number of imidazole rings is 1. The summed E-state index contributed by atoms with van der Waals surface area (Å²) in [6.07, 6.45) is 5.02. The normalized spacial score (nSPS) is 11.0. The van der Waals surface area contributed by atoms with E-state index < -0.39 is 0 Å². The smallest absolute Gasteiger partial charge is 0.137 e. The van der Waals surface area contributed by atoms with Crippen molar-refractivity contribution in [1.82, 2.24) is 9.38 Å². The third-order valence-electron chi connectivity index (χ3n) is 3.30. The third-order valence-corrected chi connectivity index (χ3v) is 3.61. The molecular weight excluding hydrogens is 284 g/mol. The Morgan fingerprint density at radius 1 is 1.19 bits per heavy atom. The number of nitrogens with zero attached hydrogens (tertiary/aromatic N) is 2. The molecule has 4 heteroatoms. The van der Waals surface area contributed by atoms with Crippen LogP contribution < -0.4 is 4.74 Å². The maximum Gasteiger partial charge on any atom is 0.137 e. The van der Waals surface area contributed by atoms with Gasteiger partial charge in [0, 0.05) is 23.8 Å². The molecule has 0 aliphatic rings. The van der Waals surface area contributed by atoms with Crippen molar-refractivity contribution in [3.05, 3.63) is 54.4 Å². The summed E-state index contributed by atoms with van der Waals surface area (Å²) in [4.78, 5) is 4.65. The van der Waals surface area contributed by atoms with Gasteiger partial charge >= 0.3 is 0 Å². The Balaban J connectivity index is 1.89. The zero-order valence-electron chi connectivity index (χ0n) is 11.9. The van der Waals surface area contributed by atoms with E-state index in [0.717, 1.165) is 41.2 Å². The van der Waals surface area contributed by atoms with E-state index in [-0.39, 0.29) is 0 Å². The summed E-state index contributed by atoms with van der Waals surface area (Å²) in [5, 5.41) is 0. The standard InChI is InChI=1S/C17H17ClN2O/c1-2-9-21-15-5-3-14(4-6-15)16-12-20-8-7-13(11-18)10-17(20)19-16/h3-8,10,12H,2,9,11H2,1H3. The molecule has 0 atom stereocenters. The van der Waals surface area contributed by atoms with Gasteiger partial charge < -0.3 is 9.14 Å². The van der Waals surface area contributed by atoms with Crippen molar-refractivity contribution in [2.45, 2.75) is 19.2 Å². The van der Waals surface area contributed by atoms with Gasteiger partial charge in [0.15, 0.2) is 0 Å². The van der Waals surface area contributed by atoms with E-state index in [9.17, 15) is 0 Å². The first-order valence-corrected chi connectivity index (χ1v) is 7.60. The number of hydrogen-bond donors (Lipinski definition) is 0. The number of hydrogen-bond acceptors (Lipinski definition) is 2. The molecule has 0 aliphatic heterocycles. The van der Waals surface area contributed by atoms with Crippen LogP contribution in [0.4, 0.5) is 0 Å². The zero-order chi connectivity index (χ0) is 14.7. The van der Waals surface area contributed by atoms with Crippen LogP contribution in [0.25, 0.3) is 16.9 Å². The molecule has 0 fully saturated rings. The summed E-state index contributed by atoms with van der Waals surface area (Å²) >= 11 is 5.86. The number of halogens is 1. The van der Waals surface area contributed by atoms with Crippen LogP contribution in [0.3, 0.4) is 0 Å². The summed E-state index contributed by atoms with van der Waals surface area (Å²) in [6, 6.07) is 12.1. The second-order valence-corrected chi connectivity index (χ2v) is 5.20. The van der Waals surface area contributed by atoms with Crippen molar-refractivity contribution in [2.24, 2.45) is 0 Å². The molecule has 3 nitrogen and oxygen atoms in total. The number of ether oxygens (including phenoxy) is 1. The van der Waals surface area contributed by atoms with Crippen molar-refractivity contribution in [3.63, 3.8) is 0 Å². The Morgan fingerprint density at radius 3 is 2.71 bits per heavy atom. The molecule has 0 bridgehead atoms. The van der Waals surface area contributed by atoms with Gasteiger partial charge in [-0.3, -0.25) is 0 Å². The van der Waals surface area contributed by atoms with Crippen LogP contribution in [-0.4, -0.2) is 16.0 Å². The minimum absolute atomic E-state index is 0.502. The summed E-state index contributed by atoms with van der Waals surface area (Å²) in [7, 11) is 0. The zero-order valence-corrected chi connectivity index (χ0v) is 12.7. The molecule has 108 valence electrons. The van der Waals surface area contributed by atoms with Gasteiger partial charge in [0.2, 0.25) is 0 Å². The van der Waals surface area contributed by atoms with Crippen LogP contribution in [0, 0.1) is 0 Å². The van der Waals surface area contributed by atoms with Crippen molar-refractivity contribution in [1.29, 1.82) is 0 Å². The first kappa shape index (κ1) is 14.0. The number of aromatic nitrogens is 2. The van der Waals surface area contributed by atoms with Crippen LogP contribution in [0.2, 0.25) is 0 Å². The number of rotatable bonds is 5. The van der Waals surface area contributed by atoms with E-state index in [1.54, 1.807) is 0 Å². The fourth-order valence-electron chi connectivity index (χ4n) is 2.19. The highest BCUT2D eigenvalue weighted by Gasteiger charge is 2.05. The highest BCUT2D eigenvalue weighted by Crippen LogP contribution is 2.23. The summed E-state index contributed by atoms with van der Waals surface area (Å²) in [5.41, 5.74) is 4.01. The summed E-state index contributed by atoms with van der Waals surface area (Å²) in [5.74, 6) is 1.40. The summed E-state index contributed by atoms with van der Waals surface area (Å²) < 4.78 is 7.60. The Labute approximate surface area is 129 Å². The Kier molecular flexibility index (Phi) is 4.11. The van der Waals surface area contributed by atoms with Crippen LogP contribution in [0.1, 0.15) is 18.9 Å². The maximum absolute atomic E-state index is 5.86. The number of alkyl halides is 1. The number of fused-ring (bicyclic) bond motifs is 1. The number of benzene rings is 1. The molecule has 0 aliphatic carbocycles. The van der Waals surface area contributed by atoms with Gasteiger partial charge in [-0.15, -0.1) is 11.6 Å². The van der Waals surface area contributed by atoms with Gasteiger partial charge in [0.1, 0.15) is 11.4 Å². The fraction of sp³-hybridized carbons (Fsp3) is 0.235. The maximum atomic E-state index is 5.86. The lowest BCUT2D eigenvalue weighted by Crippen LogP contribution is -1.94. The molecule has 0 saturated carbocycles. The molecule has 2 aromatic heterocycles. The lowest BCUT2D eigenvalue weighted by Gasteiger charge is -2.04. The highest BCUT2D eigenvalue weighted by atomic mass is 35.5. The SMILES string of the molecule is CCCOc1ccc(-c2cn3ccc(CCl)cc3n2)cc1. The fourth-order valence-corrected chi connectivity index (χ4v) is 2.35. The van der Waals surface area contributed by atoms with Gasteiger partial charge in [0.05, 0.1) is 12.3 Å². The van der Waals surface area contributed by atoms with Crippen LogP contribution in [-0.2, 0) is 5.88 Å². The Hall–Kier alpha value is -2.00. The van der Waals surface area contributed by atoms with Gasteiger partial charge in [-0.05, 0) is 48.4 Å². The molecule has 21 heavy (non-hydrogen) atoms. The van der Waals surface area contributed by atoms with Gasteiger partial charge in [-0.2, -0.15) is 0 Å². The summed E-state index contributed by atoms with van der Waals surface area (Å²) in [6.45, 7) is 2.84. The highest BCUT2D eigenvalue weighted by molar-refractivity contribution is 6.17. The molecular formula is C17H17ClN2O. The van der Waals surface area contributed by atoms with Crippen molar-refractivity contribution in [2.75, 3.05) is 6.61 Å². The van der Waals surface area contributed by atoms with E-state index >= 15 is 0 Å². The second kappa shape index (κ2) is 6.19. The predicted octanol–water partition coefficient (Wildman–Crippen LogP) is 4.53. The van der Waals surface area contributed by atoms with Crippen molar-refractivity contribution < 1.29 is 4.74 Å². The van der Waals surface area contributed by atoms with Crippen LogP contribution in [0.5, 0.6) is 5.75 Å². The Morgan fingerprint density at radius 2 is 2.00 bits per heavy atom.